The Hall–Kier alpha value is -0.160. The van der Waals surface area contributed by atoms with Crippen molar-refractivity contribution >= 4 is 0 Å². The standard InChI is InChI=1S/C4H11NO3/c1-5-3-2-4(6,7)8/h5-8H,2-3H2,1H3. The maximum absolute atomic E-state index is 8.22. The van der Waals surface area contributed by atoms with Crippen LogP contribution in [0.5, 0.6) is 0 Å². The Morgan fingerprint density at radius 3 is 2.00 bits per heavy atom. The molecule has 0 radical (unpaired) electrons. The van der Waals surface area contributed by atoms with Crippen molar-refractivity contribution in [3.63, 3.8) is 0 Å². The number of hydrogen-bond acceptors (Lipinski definition) is 4. The normalized spacial score (nSPS) is 12.0. The van der Waals surface area contributed by atoms with Crippen molar-refractivity contribution in [2.45, 2.75) is 12.4 Å². The van der Waals surface area contributed by atoms with E-state index in [2.05, 4.69) is 5.32 Å². The molecule has 0 saturated heterocycles. The van der Waals surface area contributed by atoms with Crippen molar-refractivity contribution < 1.29 is 15.3 Å². The van der Waals surface area contributed by atoms with Gasteiger partial charge in [-0.3, -0.25) is 0 Å². The van der Waals surface area contributed by atoms with Crippen LogP contribution in [0.1, 0.15) is 6.42 Å². The third-order valence-electron chi connectivity index (χ3n) is 0.710. The molecular formula is C4H11NO3. The largest absolute Gasteiger partial charge is 0.344 e. The Bertz CT molecular complexity index is 58.8. The first kappa shape index (κ1) is 7.84. The molecule has 4 heteroatoms. The molecule has 0 aromatic carbocycles. The Morgan fingerprint density at radius 2 is 1.88 bits per heavy atom. The van der Waals surface area contributed by atoms with E-state index in [0.29, 0.717) is 6.54 Å². The lowest BCUT2D eigenvalue weighted by Crippen LogP contribution is -2.31. The van der Waals surface area contributed by atoms with Gasteiger partial charge in [0.1, 0.15) is 0 Å². The second-order valence-corrected chi connectivity index (χ2v) is 1.63. The minimum atomic E-state index is -2.51. The highest BCUT2D eigenvalue weighted by atomic mass is 16.7. The first-order valence-corrected chi connectivity index (χ1v) is 2.38. The quantitative estimate of drug-likeness (QED) is 0.333. The summed E-state index contributed by atoms with van der Waals surface area (Å²) in [5.74, 6) is -2.51. The van der Waals surface area contributed by atoms with E-state index in [4.69, 9.17) is 15.3 Å². The number of rotatable bonds is 3. The maximum Gasteiger partial charge on any atom is 0.276 e. The van der Waals surface area contributed by atoms with Crippen LogP contribution >= 0.6 is 0 Å². The number of nitrogens with one attached hydrogen (secondary N) is 1. The lowest BCUT2D eigenvalue weighted by molar-refractivity contribution is -0.313. The van der Waals surface area contributed by atoms with Gasteiger partial charge in [0.25, 0.3) is 5.97 Å². The smallest absolute Gasteiger partial charge is 0.276 e. The molecule has 8 heavy (non-hydrogen) atoms. The minimum absolute atomic E-state index is 0.0799. The first-order valence-electron chi connectivity index (χ1n) is 2.38. The average molecular weight is 121 g/mol. The number of aliphatic hydroxyl groups is 3. The van der Waals surface area contributed by atoms with Gasteiger partial charge in [-0.15, -0.1) is 0 Å². The fraction of sp³-hybridized carbons (Fsp3) is 1.00. The lowest BCUT2D eigenvalue weighted by Gasteiger charge is -2.12. The monoisotopic (exact) mass is 121 g/mol. The van der Waals surface area contributed by atoms with Gasteiger partial charge in [-0.2, -0.15) is 0 Å². The van der Waals surface area contributed by atoms with Crippen LogP contribution in [0.4, 0.5) is 0 Å². The molecule has 50 valence electrons. The second kappa shape index (κ2) is 2.99. The predicted octanol–water partition coefficient (Wildman–Crippen LogP) is -1.77. The zero-order chi connectivity index (χ0) is 6.62. The Kier molecular flexibility index (Phi) is 2.93. The molecule has 0 unspecified atom stereocenters. The highest BCUT2D eigenvalue weighted by molar-refractivity contribution is 4.47. The molecule has 0 saturated carbocycles. The van der Waals surface area contributed by atoms with E-state index in [0.717, 1.165) is 0 Å². The van der Waals surface area contributed by atoms with Crippen molar-refractivity contribution in [1.29, 1.82) is 0 Å². The molecule has 4 nitrogen and oxygen atoms in total. The molecule has 0 aliphatic rings. The van der Waals surface area contributed by atoms with Crippen LogP contribution in [0.2, 0.25) is 0 Å². The molecule has 0 fully saturated rings. The van der Waals surface area contributed by atoms with E-state index in [-0.39, 0.29) is 6.42 Å². The molecule has 0 bridgehead atoms. The SMILES string of the molecule is CNCCC(O)(O)O. The van der Waals surface area contributed by atoms with Crippen LogP contribution in [0, 0.1) is 0 Å². The Labute approximate surface area is 47.8 Å². The Balaban J connectivity index is 3.11. The van der Waals surface area contributed by atoms with Gasteiger partial charge < -0.3 is 20.6 Å². The Morgan fingerprint density at radius 1 is 1.38 bits per heavy atom. The summed E-state index contributed by atoms with van der Waals surface area (Å²) in [6.45, 7) is 0.378. The van der Waals surface area contributed by atoms with Crippen LogP contribution < -0.4 is 5.32 Å². The fourth-order valence-corrected chi connectivity index (χ4v) is 0.293. The third-order valence-corrected chi connectivity index (χ3v) is 0.710. The summed E-state index contributed by atoms with van der Waals surface area (Å²) in [6, 6.07) is 0. The lowest BCUT2D eigenvalue weighted by atomic mass is 10.4. The minimum Gasteiger partial charge on any atom is -0.344 e. The van der Waals surface area contributed by atoms with Gasteiger partial charge in [0, 0.05) is 13.0 Å². The van der Waals surface area contributed by atoms with E-state index < -0.39 is 5.97 Å². The number of hydrogen-bond donors (Lipinski definition) is 4. The zero-order valence-electron chi connectivity index (χ0n) is 4.76. The fourth-order valence-electron chi connectivity index (χ4n) is 0.293. The van der Waals surface area contributed by atoms with E-state index in [1.165, 1.54) is 0 Å². The molecule has 0 aliphatic carbocycles. The van der Waals surface area contributed by atoms with Crippen molar-refractivity contribution in [1.82, 2.24) is 5.32 Å². The van der Waals surface area contributed by atoms with Crippen LogP contribution in [-0.4, -0.2) is 34.9 Å². The molecule has 0 heterocycles. The zero-order valence-corrected chi connectivity index (χ0v) is 4.76. The molecule has 4 N–H and O–H groups in total. The van der Waals surface area contributed by atoms with Gasteiger partial charge in [0.05, 0.1) is 0 Å². The average Bonchev–Trinajstić information content (AvgIpc) is 1.59. The van der Waals surface area contributed by atoms with Gasteiger partial charge in [-0.1, -0.05) is 0 Å². The molecule has 0 aromatic heterocycles. The van der Waals surface area contributed by atoms with Crippen molar-refractivity contribution in [3.05, 3.63) is 0 Å². The van der Waals surface area contributed by atoms with Crippen molar-refractivity contribution in [3.8, 4) is 0 Å². The summed E-state index contributed by atoms with van der Waals surface area (Å²) in [5.41, 5.74) is 0. The van der Waals surface area contributed by atoms with E-state index in [1.807, 2.05) is 0 Å². The van der Waals surface area contributed by atoms with Crippen molar-refractivity contribution in [2.24, 2.45) is 0 Å². The summed E-state index contributed by atoms with van der Waals surface area (Å²) >= 11 is 0. The molecule has 0 spiro atoms. The molecule has 0 amide bonds. The van der Waals surface area contributed by atoms with Crippen LogP contribution in [0.15, 0.2) is 0 Å². The molecular weight excluding hydrogens is 110 g/mol. The van der Waals surface area contributed by atoms with E-state index in [9.17, 15) is 0 Å². The summed E-state index contributed by atoms with van der Waals surface area (Å²) < 4.78 is 0. The first-order chi connectivity index (χ1) is 3.56. The third kappa shape index (κ3) is 5.84. The highest BCUT2D eigenvalue weighted by Crippen LogP contribution is 1.96. The van der Waals surface area contributed by atoms with E-state index >= 15 is 0 Å². The summed E-state index contributed by atoms with van der Waals surface area (Å²) in [7, 11) is 1.66. The predicted molar refractivity (Wildman–Crippen MR) is 27.9 cm³/mol. The molecule has 0 rings (SSSR count). The van der Waals surface area contributed by atoms with Crippen molar-refractivity contribution in [2.75, 3.05) is 13.6 Å². The van der Waals surface area contributed by atoms with Crippen LogP contribution in [0.25, 0.3) is 0 Å². The second-order valence-electron chi connectivity index (χ2n) is 1.63. The summed E-state index contributed by atoms with van der Waals surface area (Å²) in [5, 5.41) is 27.3. The van der Waals surface area contributed by atoms with Gasteiger partial charge in [-0.05, 0) is 7.05 Å². The summed E-state index contributed by atoms with van der Waals surface area (Å²) in [4.78, 5) is 0. The molecule has 0 aliphatic heterocycles. The van der Waals surface area contributed by atoms with Crippen LogP contribution in [-0.2, 0) is 0 Å². The molecule has 0 aromatic rings. The summed E-state index contributed by atoms with van der Waals surface area (Å²) in [6.07, 6.45) is -0.0799. The van der Waals surface area contributed by atoms with Gasteiger partial charge in [0.2, 0.25) is 0 Å². The highest BCUT2D eigenvalue weighted by Gasteiger charge is 2.15. The van der Waals surface area contributed by atoms with Gasteiger partial charge in [-0.25, -0.2) is 0 Å². The topological polar surface area (TPSA) is 72.7 Å². The van der Waals surface area contributed by atoms with E-state index in [1.54, 1.807) is 7.05 Å². The van der Waals surface area contributed by atoms with Gasteiger partial charge in [0.15, 0.2) is 0 Å². The maximum atomic E-state index is 8.22. The molecule has 0 atom stereocenters. The van der Waals surface area contributed by atoms with Gasteiger partial charge >= 0.3 is 0 Å². The van der Waals surface area contributed by atoms with Crippen LogP contribution in [0.3, 0.4) is 0 Å².